The van der Waals surface area contributed by atoms with Crippen LogP contribution in [0, 0.1) is 11.6 Å². The zero-order valence-corrected chi connectivity index (χ0v) is 12.2. The number of carbonyl (C=O) groups excluding carboxylic acids is 1. The highest BCUT2D eigenvalue weighted by molar-refractivity contribution is 5.78. The van der Waals surface area contributed by atoms with E-state index in [0.29, 0.717) is 12.6 Å². The Morgan fingerprint density at radius 3 is 2.81 bits per heavy atom. The summed E-state index contributed by atoms with van der Waals surface area (Å²) in [4.78, 5) is 13.9. The van der Waals surface area contributed by atoms with E-state index < -0.39 is 11.6 Å². The third-order valence-electron chi connectivity index (χ3n) is 3.74. The fourth-order valence-electron chi connectivity index (χ4n) is 2.46. The maximum Gasteiger partial charge on any atom is 0.234 e. The van der Waals surface area contributed by atoms with Crippen molar-refractivity contribution in [2.24, 2.45) is 0 Å². The molecule has 1 aromatic rings. The number of nitrogens with zero attached hydrogens (tertiary/aromatic N) is 1. The van der Waals surface area contributed by atoms with Gasteiger partial charge in [-0.15, -0.1) is 0 Å². The van der Waals surface area contributed by atoms with Crippen LogP contribution in [0.25, 0.3) is 0 Å². The highest BCUT2D eigenvalue weighted by Gasteiger charge is 2.20. The Balaban J connectivity index is 1.76. The van der Waals surface area contributed by atoms with Gasteiger partial charge in [-0.05, 0) is 25.5 Å². The standard InChI is InChI=1S/C15H21F2N3O/c1-11-9-18-7-8-20(11)10-15(21)19-6-5-12-13(16)3-2-4-14(12)17/h2-4,11,18H,5-10H2,1H3,(H,19,21)/t11-/m1/s1. The highest BCUT2D eigenvalue weighted by atomic mass is 19.1. The maximum atomic E-state index is 13.4. The summed E-state index contributed by atoms with van der Waals surface area (Å²) in [7, 11) is 0. The van der Waals surface area contributed by atoms with Crippen LogP contribution in [0.4, 0.5) is 8.78 Å². The summed E-state index contributed by atoms with van der Waals surface area (Å²) in [6.45, 7) is 5.19. The van der Waals surface area contributed by atoms with Crippen molar-refractivity contribution in [3.8, 4) is 0 Å². The molecule has 116 valence electrons. The number of hydrogen-bond acceptors (Lipinski definition) is 3. The van der Waals surface area contributed by atoms with E-state index in [1.165, 1.54) is 18.2 Å². The first kappa shape index (κ1) is 15.9. The number of amides is 1. The van der Waals surface area contributed by atoms with Crippen LogP contribution >= 0.6 is 0 Å². The number of halogens is 2. The Bertz CT molecular complexity index is 476. The van der Waals surface area contributed by atoms with Crippen LogP contribution in [0.15, 0.2) is 18.2 Å². The smallest absolute Gasteiger partial charge is 0.234 e. The van der Waals surface area contributed by atoms with Crippen LogP contribution < -0.4 is 10.6 Å². The number of benzene rings is 1. The number of nitrogens with one attached hydrogen (secondary N) is 2. The van der Waals surface area contributed by atoms with E-state index in [4.69, 9.17) is 0 Å². The zero-order chi connectivity index (χ0) is 15.2. The van der Waals surface area contributed by atoms with Gasteiger partial charge < -0.3 is 10.6 Å². The summed E-state index contributed by atoms with van der Waals surface area (Å²) in [6, 6.07) is 4.10. The molecule has 1 aliphatic heterocycles. The molecule has 1 saturated heterocycles. The topological polar surface area (TPSA) is 44.4 Å². The average Bonchev–Trinajstić information content (AvgIpc) is 2.45. The molecule has 1 atom stereocenters. The van der Waals surface area contributed by atoms with Gasteiger partial charge >= 0.3 is 0 Å². The predicted molar refractivity (Wildman–Crippen MR) is 77.0 cm³/mol. The Hall–Kier alpha value is -1.53. The summed E-state index contributed by atoms with van der Waals surface area (Å²) >= 11 is 0. The van der Waals surface area contributed by atoms with Gasteiger partial charge in [0, 0.05) is 37.8 Å². The van der Waals surface area contributed by atoms with Crippen molar-refractivity contribution in [1.29, 1.82) is 0 Å². The normalized spacial score (nSPS) is 19.5. The van der Waals surface area contributed by atoms with Crippen molar-refractivity contribution < 1.29 is 13.6 Å². The van der Waals surface area contributed by atoms with E-state index in [9.17, 15) is 13.6 Å². The van der Waals surface area contributed by atoms with Crippen molar-refractivity contribution >= 4 is 5.91 Å². The van der Waals surface area contributed by atoms with Crippen LogP contribution in [-0.2, 0) is 11.2 Å². The molecule has 0 bridgehead atoms. The van der Waals surface area contributed by atoms with Crippen molar-refractivity contribution in [3.63, 3.8) is 0 Å². The lowest BCUT2D eigenvalue weighted by molar-refractivity contribution is -0.122. The molecule has 1 aliphatic rings. The molecule has 1 fully saturated rings. The molecule has 0 radical (unpaired) electrons. The molecule has 0 aromatic heterocycles. The fraction of sp³-hybridized carbons (Fsp3) is 0.533. The van der Waals surface area contributed by atoms with Crippen molar-refractivity contribution in [3.05, 3.63) is 35.4 Å². The molecule has 21 heavy (non-hydrogen) atoms. The van der Waals surface area contributed by atoms with Crippen LogP contribution in [-0.4, -0.2) is 49.6 Å². The van der Waals surface area contributed by atoms with E-state index in [1.54, 1.807) is 0 Å². The SMILES string of the molecule is C[C@@H]1CNCCN1CC(=O)NCCc1c(F)cccc1F. The van der Waals surface area contributed by atoms with Crippen molar-refractivity contribution in [2.45, 2.75) is 19.4 Å². The van der Waals surface area contributed by atoms with Crippen LogP contribution in [0.5, 0.6) is 0 Å². The molecule has 4 nitrogen and oxygen atoms in total. The van der Waals surface area contributed by atoms with E-state index >= 15 is 0 Å². The van der Waals surface area contributed by atoms with Crippen molar-refractivity contribution in [1.82, 2.24) is 15.5 Å². The predicted octanol–water partition coefficient (Wildman–Crippen LogP) is 0.917. The molecule has 1 heterocycles. The third kappa shape index (κ3) is 4.47. The third-order valence-corrected chi connectivity index (χ3v) is 3.74. The number of rotatable bonds is 5. The van der Waals surface area contributed by atoms with Gasteiger partial charge in [0.15, 0.2) is 0 Å². The molecule has 2 N–H and O–H groups in total. The molecule has 1 amide bonds. The van der Waals surface area contributed by atoms with E-state index in [-0.39, 0.29) is 24.4 Å². The molecular weight excluding hydrogens is 276 g/mol. The van der Waals surface area contributed by atoms with Gasteiger partial charge in [-0.25, -0.2) is 8.78 Å². The molecule has 1 aromatic carbocycles. The van der Waals surface area contributed by atoms with Crippen molar-refractivity contribution in [2.75, 3.05) is 32.7 Å². The summed E-state index contributed by atoms with van der Waals surface area (Å²) in [5.74, 6) is -1.25. The van der Waals surface area contributed by atoms with Crippen LogP contribution in [0.3, 0.4) is 0 Å². The summed E-state index contributed by atoms with van der Waals surface area (Å²) < 4.78 is 26.9. The number of hydrogen-bond donors (Lipinski definition) is 2. The molecule has 0 spiro atoms. The summed E-state index contributed by atoms with van der Waals surface area (Å²) in [5, 5.41) is 5.98. The maximum absolute atomic E-state index is 13.4. The summed E-state index contributed by atoms with van der Waals surface area (Å²) in [6.07, 6.45) is 0.154. The first-order valence-corrected chi connectivity index (χ1v) is 7.22. The molecule has 0 saturated carbocycles. The van der Waals surface area contributed by atoms with Crippen LogP contribution in [0.2, 0.25) is 0 Å². The molecule has 2 rings (SSSR count). The lowest BCUT2D eigenvalue weighted by atomic mass is 10.1. The second kappa shape index (κ2) is 7.47. The Kier molecular flexibility index (Phi) is 5.64. The number of carbonyl (C=O) groups is 1. The Morgan fingerprint density at radius 2 is 2.14 bits per heavy atom. The largest absolute Gasteiger partial charge is 0.355 e. The first-order chi connectivity index (χ1) is 10.1. The van der Waals surface area contributed by atoms with Crippen LogP contribution in [0.1, 0.15) is 12.5 Å². The van der Waals surface area contributed by atoms with Gasteiger partial charge in [0.2, 0.25) is 5.91 Å². The quantitative estimate of drug-likeness (QED) is 0.849. The second-order valence-corrected chi connectivity index (χ2v) is 5.32. The highest BCUT2D eigenvalue weighted by Crippen LogP contribution is 2.12. The second-order valence-electron chi connectivity index (χ2n) is 5.32. The lowest BCUT2D eigenvalue weighted by Crippen LogP contribution is -2.52. The molecule has 0 unspecified atom stereocenters. The average molecular weight is 297 g/mol. The lowest BCUT2D eigenvalue weighted by Gasteiger charge is -2.33. The minimum absolute atomic E-state index is 0.0216. The summed E-state index contributed by atoms with van der Waals surface area (Å²) in [5.41, 5.74) is 0.0216. The molecule has 0 aliphatic carbocycles. The van der Waals surface area contributed by atoms with E-state index in [1.807, 2.05) is 0 Å². The van der Waals surface area contributed by atoms with Gasteiger partial charge in [-0.3, -0.25) is 9.69 Å². The Morgan fingerprint density at radius 1 is 1.43 bits per heavy atom. The van der Waals surface area contributed by atoms with Gasteiger partial charge in [0.1, 0.15) is 11.6 Å². The molecule has 6 heteroatoms. The zero-order valence-electron chi connectivity index (χ0n) is 12.2. The fourth-order valence-corrected chi connectivity index (χ4v) is 2.46. The van der Waals surface area contributed by atoms with E-state index in [0.717, 1.165) is 19.6 Å². The monoisotopic (exact) mass is 297 g/mol. The van der Waals surface area contributed by atoms with E-state index in [2.05, 4.69) is 22.5 Å². The minimum atomic E-state index is -0.569. The van der Waals surface area contributed by atoms with Gasteiger partial charge in [-0.1, -0.05) is 6.07 Å². The first-order valence-electron chi connectivity index (χ1n) is 7.22. The minimum Gasteiger partial charge on any atom is -0.355 e. The Labute approximate surface area is 123 Å². The number of piperazine rings is 1. The molecular formula is C15H21F2N3O. The van der Waals surface area contributed by atoms with Gasteiger partial charge in [-0.2, -0.15) is 0 Å². The van der Waals surface area contributed by atoms with Gasteiger partial charge in [0.05, 0.1) is 6.54 Å². The van der Waals surface area contributed by atoms with Gasteiger partial charge in [0.25, 0.3) is 0 Å².